The normalized spacial score (nSPS) is 11.2. The SMILES string of the molecule is O=C(O)COc1ncc(C(F)(F)F)cc1Br. The van der Waals surface area contributed by atoms with Crippen LogP contribution in [0.15, 0.2) is 16.7 Å². The molecule has 88 valence electrons. The molecule has 1 heterocycles. The van der Waals surface area contributed by atoms with Crippen LogP contribution >= 0.6 is 15.9 Å². The Morgan fingerprint density at radius 3 is 2.62 bits per heavy atom. The molecule has 1 aromatic heterocycles. The summed E-state index contributed by atoms with van der Waals surface area (Å²) >= 11 is 2.81. The fourth-order valence-electron chi connectivity index (χ4n) is 0.817. The van der Waals surface area contributed by atoms with E-state index in [1.807, 2.05) is 0 Å². The van der Waals surface area contributed by atoms with Crippen molar-refractivity contribution in [3.63, 3.8) is 0 Å². The van der Waals surface area contributed by atoms with Crippen molar-refractivity contribution in [2.75, 3.05) is 6.61 Å². The van der Waals surface area contributed by atoms with Gasteiger partial charge in [-0.1, -0.05) is 0 Å². The molecule has 1 rings (SSSR count). The number of carboxylic acid groups (broad SMARTS) is 1. The molecular formula is C8H5BrF3NO3. The second kappa shape index (κ2) is 4.69. The number of hydrogen-bond acceptors (Lipinski definition) is 3. The number of rotatable bonds is 3. The summed E-state index contributed by atoms with van der Waals surface area (Å²) in [5, 5.41) is 8.30. The quantitative estimate of drug-likeness (QED) is 0.930. The largest absolute Gasteiger partial charge is 0.479 e. The maximum absolute atomic E-state index is 12.2. The van der Waals surface area contributed by atoms with Gasteiger partial charge in [-0.25, -0.2) is 9.78 Å². The van der Waals surface area contributed by atoms with E-state index in [1.165, 1.54) is 0 Å². The molecule has 0 unspecified atom stereocenters. The lowest BCUT2D eigenvalue weighted by Gasteiger charge is -2.09. The Labute approximate surface area is 96.2 Å². The second-order valence-electron chi connectivity index (χ2n) is 2.69. The highest BCUT2D eigenvalue weighted by atomic mass is 79.9. The standard InChI is InChI=1S/C8H5BrF3NO3/c9-5-1-4(8(10,11)12)2-13-7(5)16-3-6(14)15/h1-2H,3H2,(H,14,15). The molecule has 0 saturated carbocycles. The van der Waals surface area contributed by atoms with E-state index in [4.69, 9.17) is 5.11 Å². The second-order valence-corrected chi connectivity index (χ2v) is 3.55. The molecule has 0 aliphatic rings. The highest BCUT2D eigenvalue weighted by molar-refractivity contribution is 9.10. The number of aliphatic carboxylic acids is 1. The number of pyridine rings is 1. The van der Waals surface area contributed by atoms with Gasteiger partial charge in [0, 0.05) is 6.20 Å². The minimum Gasteiger partial charge on any atom is -0.479 e. The number of ether oxygens (including phenoxy) is 1. The number of alkyl halides is 3. The summed E-state index contributed by atoms with van der Waals surface area (Å²) in [6, 6.07) is 0.768. The van der Waals surface area contributed by atoms with Crippen molar-refractivity contribution in [2.45, 2.75) is 6.18 Å². The zero-order valence-electron chi connectivity index (χ0n) is 7.58. The number of hydrogen-bond donors (Lipinski definition) is 1. The van der Waals surface area contributed by atoms with Crippen molar-refractivity contribution in [1.29, 1.82) is 0 Å². The van der Waals surface area contributed by atoms with E-state index in [-0.39, 0.29) is 10.4 Å². The van der Waals surface area contributed by atoms with Crippen LogP contribution in [0.5, 0.6) is 5.88 Å². The first-order valence-corrected chi connectivity index (χ1v) is 4.67. The fraction of sp³-hybridized carbons (Fsp3) is 0.250. The van der Waals surface area contributed by atoms with Crippen molar-refractivity contribution in [3.05, 3.63) is 22.3 Å². The van der Waals surface area contributed by atoms with Gasteiger partial charge in [0.15, 0.2) is 6.61 Å². The molecule has 0 bridgehead atoms. The summed E-state index contributed by atoms with van der Waals surface area (Å²) < 4.78 is 41.2. The molecule has 8 heteroatoms. The summed E-state index contributed by atoms with van der Waals surface area (Å²) in [5.74, 6) is -1.44. The average Bonchev–Trinajstić information content (AvgIpc) is 2.14. The first-order valence-electron chi connectivity index (χ1n) is 3.88. The Kier molecular flexibility index (Phi) is 3.74. The van der Waals surface area contributed by atoms with Gasteiger partial charge >= 0.3 is 12.1 Å². The smallest absolute Gasteiger partial charge is 0.417 e. The van der Waals surface area contributed by atoms with E-state index >= 15 is 0 Å². The molecule has 0 aliphatic carbocycles. The lowest BCUT2D eigenvalue weighted by atomic mass is 10.3. The summed E-state index contributed by atoms with van der Waals surface area (Å²) in [5.41, 5.74) is -0.943. The fourth-order valence-corrected chi connectivity index (χ4v) is 1.28. The van der Waals surface area contributed by atoms with Crippen LogP contribution in [0.25, 0.3) is 0 Å². The van der Waals surface area contributed by atoms with Crippen LogP contribution in [-0.2, 0) is 11.0 Å². The van der Waals surface area contributed by atoms with Crippen molar-refractivity contribution in [1.82, 2.24) is 4.98 Å². The summed E-state index contributed by atoms with van der Waals surface area (Å²) in [6.07, 6.45) is -3.93. The lowest BCUT2D eigenvalue weighted by molar-refractivity contribution is -0.140. The monoisotopic (exact) mass is 299 g/mol. The van der Waals surface area contributed by atoms with E-state index in [2.05, 4.69) is 25.7 Å². The topological polar surface area (TPSA) is 59.4 Å². The lowest BCUT2D eigenvalue weighted by Crippen LogP contribution is -2.11. The molecule has 1 N–H and O–H groups in total. The predicted octanol–water partition coefficient (Wildman–Crippen LogP) is 2.33. The van der Waals surface area contributed by atoms with Crippen LogP contribution in [0.4, 0.5) is 13.2 Å². The van der Waals surface area contributed by atoms with Gasteiger partial charge in [0.05, 0.1) is 10.0 Å². The highest BCUT2D eigenvalue weighted by Crippen LogP contribution is 2.33. The van der Waals surface area contributed by atoms with Crippen LogP contribution in [-0.4, -0.2) is 22.7 Å². The Balaban J connectivity index is 2.88. The van der Waals surface area contributed by atoms with E-state index in [1.54, 1.807) is 0 Å². The summed E-state index contributed by atoms with van der Waals surface area (Å²) in [7, 11) is 0. The summed E-state index contributed by atoms with van der Waals surface area (Å²) in [6.45, 7) is -0.670. The van der Waals surface area contributed by atoms with Crippen molar-refractivity contribution in [3.8, 4) is 5.88 Å². The zero-order valence-corrected chi connectivity index (χ0v) is 9.17. The van der Waals surface area contributed by atoms with Crippen LogP contribution in [0, 0.1) is 0 Å². The van der Waals surface area contributed by atoms with Crippen molar-refractivity contribution >= 4 is 21.9 Å². The molecule has 0 atom stereocenters. The summed E-state index contributed by atoms with van der Waals surface area (Å²) in [4.78, 5) is 13.5. The molecule has 1 aromatic rings. The average molecular weight is 300 g/mol. The van der Waals surface area contributed by atoms with E-state index in [0.29, 0.717) is 6.20 Å². The first kappa shape index (κ1) is 12.8. The molecule has 0 saturated heterocycles. The highest BCUT2D eigenvalue weighted by Gasteiger charge is 2.31. The molecule has 0 radical (unpaired) electrons. The van der Waals surface area contributed by atoms with Crippen LogP contribution < -0.4 is 4.74 Å². The van der Waals surface area contributed by atoms with Gasteiger partial charge in [0.2, 0.25) is 5.88 Å². The number of carbonyl (C=O) groups is 1. The molecule has 0 aliphatic heterocycles. The zero-order chi connectivity index (χ0) is 12.3. The molecule has 16 heavy (non-hydrogen) atoms. The van der Waals surface area contributed by atoms with Crippen molar-refractivity contribution < 1.29 is 27.8 Å². The third-order valence-corrected chi connectivity index (χ3v) is 2.04. The number of carboxylic acids is 1. The molecule has 0 spiro atoms. The molecule has 4 nitrogen and oxygen atoms in total. The third kappa shape index (κ3) is 3.37. The van der Waals surface area contributed by atoms with Gasteiger partial charge in [-0.2, -0.15) is 13.2 Å². The minimum atomic E-state index is -4.50. The molecule has 0 fully saturated rings. The van der Waals surface area contributed by atoms with Gasteiger partial charge in [0.25, 0.3) is 0 Å². The Hall–Kier alpha value is -1.31. The first-order chi connectivity index (χ1) is 7.30. The molecule has 0 aromatic carbocycles. The molecular weight excluding hydrogens is 295 g/mol. The van der Waals surface area contributed by atoms with E-state index in [9.17, 15) is 18.0 Å². The Morgan fingerprint density at radius 1 is 1.56 bits per heavy atom. The van der Waals surface area contributed by atoms with E-state index < -0.39 is 24.3 Å². The van der Waals surface area contributed by atoms with Gasteiger partial charge in [-0.05, 0) is 22.0 Å². The van der Waals surface area contributed by atoms with Crippen LogP contribution in [0.1, 0.15) is 5.56 Å². The maximum atomic E-state index is 12.2. The van der Waals surface area contributed by atoms with Crippen LogP contribution in [0.2, 0.25) is 0 Å². The van der Waals surface area contributed by atoms with Gasteiger partial charge in [-0.15, -0.1) is 0 Å². The Bertz CT molecular complexity index is 408. The van der Waals surface area contributed by atoms with Gasteiger partial charge < -0.3 is 9.84 Å². The van der Waals surface area contributed by atoms with Crippen LogP contribution in [0.3, 0.4) is 0 Å². The van der Waals surface area contributed by atoms with Crippen molar-refractivity contribution in [2.24, 2.45) is 0 Å². The minimum absolute atomic E-state index is 0.0522. The number of halogens is 4. The maximum Gasteiger partial charge on any atom is 0.417 e. The third-order valence-electron chi connectivity index (χ3n) is 1.47. The predicted molar refractivity (Wildman–Crippen MR) is 50.1 cm³/mol. The van der Waals surface area contributed by atoms with E-state index in [0.717, 1.165) is 6.07 Å². The number of nitrogens with zero attached hydrogens (tertiary/aromatic N) is 1. The Morgan fingerprint density at radius 2 is 2.19 bits per heavy atom. The number of aromatic nitrogens is 1. The molecule has 0 amide bonds. The van der Waals surface area contributed by atoms with Gasteiger partial charge in [0.1, 0.15) is 0 Å². The van der Waals surface area contributed by atoms with Gasteiger partial charge in [-0.3, -0.25) is 0 Å².